The second-order valence-corrected chi connectivity index (χ2v) is 13.1. The lowest BCUT2D eigenvalue weighted by molar-refractivity contribution is -0.633. The highest BCUT2D eigenvalue weighted by molar-refractivity contribution is 7.26. The number of aryl methyl sites for hydroxylation is 2. The van der Waals surface area contributed by atoms with Gasteiger partial charge in [-0.1, -0.05) is 113 Å². The van der Waals surface area contributed by atoms with Crippen molar-refractivity contribution >= 4 is 42.5 Å². The van der Waals surface area contributed by atoms with Gasteiger partial charge in [0.2, 0.25) is 0 Å². The fourth-order valence-corrected chi connectivity index (χ4v) is 8.04. The summed E-state index contributed by atoms with van der Waals surface area (Å²) in [5.41, 5.74) is 11.8. The minimum atomic E-state index is 0.396. The number of benzene rings is 5. The highest BCUT2D eigenvalue weighted by atomic mass is 32.1. The molecule has 0 aliphatic heterocycles. The molecule has 42 heavy (non-hydrogen) atoms. The van der Waals surface area contributed by atoms with Gasteiger partial charge in [0.1, 0.15) is 5.69 Å². The van der Waals surface area contributed by atoms with Gasteiger partial charge in [-0.15, -0.1) is 11.3 Å². The molecule has 0 fully saturated rings. The van der Waals surface area contributed by atoms with Crippen molar-refractivity contribution in [3.05, 3.63) is 120 Å². The molecule has 2 aromatic heterocycles. The van der Waals surface area contributed by atoms with Gasteiger partial charge in [0, 0.05) is 26.6 Å². The van der Waals surface area contributed by atoms with E-state index in [9.17, 15) is 0 Å². The Labute approximate surface area is 252 Å². The third kappa shape index (κ3) is 4.02. The summed E-state index contributed by atoms with van der Waals surface area (Å²) in [6.07, 6.45) is 0. The fraction of sp³-hybridized carbons (Fsp3) is 0.205. The number of hydrogen-bond donors (Lipinski definition) is 0. The molecule has 0 aliphatic rings. The van der Waals surface area contributed by atoms with Crippen LogP contribution in [0, 0.1) is 6.92 Å². The molecule has 7 aromatic rings. The lowest BCUT2D eigenvalue weighted by Gasteiger charge is -2.18. The van der Waals surface area contributed by atoms with E-state index in [0.29, 0.717) is 11.8 Å². The largest absolute Gasteiger partial charge is 0.296 e. The van der Waals surface area contributed by atoms with Crippen molar-refractivity contribution in [3.8, 4) is 28.2 Å². The quantitative estimate of drug-likeness (QED) is 0.184. The number of hydrogen-bond acceptors (Lipinski definition) is 1. The molecule has 0 atom stereocenters. The molecule has 0 saturated heterocycles. The fourth-order valence-electron chi connectivity index (χ4n) is 6.71. The van der Waals surface area contributed by atoms with Gasteiger partial charge < -0.3 is 0 Å². The predicted octanol–water partition coefficient (Wildman–Crippen LogP) is 10.7. The van der Waals surface area contributed by atoms with Crippen molar-refractivity contribution in [1.29, 1.82) is 0 Å². The van der Waals surface area contributed by atoms with E-state index in [1.807, 2.05) is 11.3 Å². The smallest absolute Gasteiger partial charge is 0.225 e. The van der Waals surface area contributed by atoms with Crippen molar-refractivity contribution in [3.63, 3.8) is 0 Å². The summed E-state index contributed by atoms with van der Waals surface area (Å²) in [7, 11) is 2.24. The molecule has 0 unspecified atom stereocenters. The van der Waals surface area contributed by atoms with Gasteiger partial charge in [0.05, 0.1) is 17.3 Å². The molecule has 7 rings (SSSR count). The zero-order valence-corrected chi connectivity index (χ0v) is 26.1. The first kappa shape index (κ1) is 26.7. The Balaban J connectivity index is 1.65. The molecule has 3 heteroatoms. The number of nitrogens with zero attached hydrogens (tertiary/aromatic N) is 2. The molecule has 0 spiro atoms. The highest BCUT2D eigenvalue weighted by Gasteiger charge is 2.33. The van der Waals surface area contributed by atoms with E-state index in [0.717, 1.165) is 0 Å². The van der Waals surface area contributed by atoms with E-state index in [1.165, 1.54) is 76.1 Å². The van der Waals surface area contributed by atoms with Crippen molar-refractivity contribution in [1.82, 2.24) is 4.57 Å². The van der Waals surface area contributed by atoms with Crippen LogP contribution in [0.2, 0.25) is 0 Å². The van der Waals surface area contributed by atoms with E-state index in [1.54, 1.807) is 0 Å². The lowest BCUT2D eigenvalue weighted by Crippen LogP contribution is -2.30. The van der Waals surface area contributed by atoms with Crippen molar-refractivity contribution < 1.29 is 4.57 Å². The van der Waals surface area contributed by atoms with Gasteiger partial charge in [-0.3, -0.25) is 0 Å². The van der Waals surface area contributed by atoms with Crippen molar-refractivity contribution in [2.45, 2.75) is 46.5 Å². The molecule has 5 aromatic carbocycles. The second-order valence-electron chi connectivity index (χ2n) is 12.1. The highest BCUT2D eigenvalue weighted by Crippen LogP contribution is 2.46. The van der Waals surface area contributed by atoms with E-state index >= 15 is 0 Å². The van der Waals surface area contributed by atoms with Crippen LogP contribution >= 0.6 is 11.3 Å². The summed E-state index contributed by atoms with van der Waals surface area (Å²) >= 11 is 1.92. The third-order valence-electron chi connectivity index (χ3n) is 8.76. The molecule has 2 heterocycles. The van der Waals surface area contributed by atoms with Gasteiger partial charge in [-0.05, 0) is 53.6 Å². The number of aromatic nitrogens is 2. The molecular formula is C39H37N2S+. The summed E-state index contributed by atoms with van der Waals surface area (Å²) in [5.74, 6) is 2.03. The third-order valence-corrected chi connectivity index (χ3v) is 9.95. The van der Waals surface area contributed by atoms with Crippen LogP contribution in [0.15, 0.2) is 103 Å². The molecular weight excluding hydrogens is 529 g/mol. The van der Waals surface area contributed by atoms with Crippen LogP contribution in [-0.2, 0) is 7.05 Å². The van der Waals surface area contributed by atoms with Gasteiger partial charge in [-0.2, -0.15) is 4.57 Å². The Hall–Kier alpha value is -4.21. The lowest BCUT2D eigenvalue weighted by atomic mass is 9.92. The Morgan fingerprint density at radius 2 is 1.36 bits per heavy atom. The van der Waals surface area contributed by atoms with E-state index in [4.69, 9.17) is 0 Å². The van der Waals surface area contributed by atoms with E-state index < -0.39 is 0 Å². The standard InChI is InChI=1S/C39H37N2S/c1-24(2)28-16-12-17-29(25(3)4)37(28)41-33-20-11-10-19-32(33)40(6)39(41)35-26(5)22-23-31-36-30(27-14-8-7-9-15-27)18-13-21-34(36)42-38(31)35/h7-25H,1-6H3/q+1. The first-order chi connectivity index (χ1) is 20.4. The summed E-state index contributed by atoms with van der Waals surface area (Å²) in [6, 6.07) is 38.0. The van der Waals surface area contributed by atoms with Crippen LogP contribution < -0.4 is 4.57 Å². The molecule has 0 bridgehead atoms. The zero-order valence-electron chi connectivity index (χ0n) is 25.3. The predicted molar refractivity (Wildman–Crippen MR) is 181 cm³/mol. The van der Waals surface area contributed by atoms with Crippen LogP contribution in [0.3, 0.4) is 0 Å². The topological polar surface area (TPSA) is 8.81 Å². The number of para-hydroxylation sites is 3. The van der Waals surface area contributed by atoms with Gasteiger partial charge in [0.15, 0.2) is 11.0 Å². The summed E-state index contributed by atoms with van der Waals surface area (Å²) in [6.45, 7) is 11.5. The van der Waals surface area contributed by atoms with Crippen molar-refractivity contribution in [2.24, 2.45) is 7.05 Å². The van der Waals surface area contributed by atoms with Crippen LogP contribution in [0.5, 0.6) is 0 Å². The minimum Gasteiger partial charge on any atom is -0.225 e. The van der Waals surface area contributed by atoms with Crippen LogP contribution in [0.25, 0.3) is 59.4 Å². The number of fused-ring (bicyclic) bond motifs is 4. The second kappa shape index (κ2) is 10.3. The van der Waals surface area contributed by atoms with Crippen LogP contribution in [0.1, 0.15) is 56.2 Å². The summed E-state index contributed by atoms with van der Waals surface area (Å²) in [5, 5.41) is 2.67. The Kier molecular flexibility index (Phi) is 6.51. The number of thiophene rings is 1. The van der Waals surface area contributed by atoms with Crippen molar-refractivity contribution in [2.75, 3.05) is 0 Å². The van der Waals surface area contributed by atoms with Gasteiger partial charge >= 0.3 is 0 Å². The Bertz CT molecular complexity index is 2080. The maximum Gasteiger partial charge on any atom is 0.296 e. The molecule has 0 amide bonds. The maximum atomic E-state index is 2.57. The summed E-state index contributed by atoms with van der Waals surface area (Å²) in [4.78, 5) is 0. The maximum absolute atomic E-state index is 2.57. The SMILES string of the molecule is Cc1ccc2c(sc3cccc(-c4ccccc4)c32)c1-c1n(-c2c(C(C)C)cccc2C(C)C)c2ccccc2[n+]1C. The number of imidazole rings is 1. The van der Waals surface area contributed by atoms with Crippen LogP contribution in [0.4, 0.5) is 0 Å². The van der Waals surface area contributed by atoms with E-state index in [-0.39, 0.29) is 0 Å². The van der Waals surface area contributed by atoms with Crippen LogP contribution in [-0.4, -0.2) is 4.57 Å². The first-order valence-corrected chi connectivity index (χ1v) is 15.8. The Morgan fingerprint density at radius 1 is 0.690 bits per heavy atom. The Morgan fingerprint density at radius 3 is 2.07 bits per heavy atom. The molecule has 2 nitrogen and oxygen atoms in total. The zero-order chi connectivity index (χ0) is 29.1. The normalized spacial score (nSPS) is 12.0. The molecule has 0 N–H and O–H groups in total. The molecule has 208 valence electrons. The average molecular weight is 566 g/mol. The monoisotopic (exact) mass is 565 g/mol. The summed E-state index contributed by atoms with van der Waals surface area (Å²) < 4.78 is 7.67. The number of rotatable bonds is 5. The minimum absolute atomic E-state index is 0.396. The first-order valence-electron chi connectivity index (χ1n) is 15.0. The average Bonchev–Trinajstić information content (AvgIpc) is 3.52. The molecule has 0 radical (unpaired) electrons. The molecule has 0 aliphatic carbocycles. The van der Waals surface area contributed by atoms with Gasteiger partial charge in [0.25, 0.3) is 5.82 Å². The molecule has 0 saturated carbocycles. The van der Waals surface area contributed by atoms with E-state index in [2.05, 4.69) is 154 Å². The van der Waals surface area contributed by atoms with Gasteiger partial charge in [-0.25, -0.2) is 4.57 Å².